The molecule has 0 unspecified atom stereocenters. The Balaban J connectivity index is 2.02. The molecule has 2 aromatic rings. The van der Waals surface area contributed by atoms with Gasteiger partial charge in [-0.25, -0.2) is 8.42 Å². The van der Waals surface area contributed by atoms with E-state index in [4.69, 9.17) is 28.0 Å². The summed E-state index contributed by atoms with van der Waals surface area (Å²) in [6.07, 6.45) is 0. The van der Waals surface area contributed by atoms with Crippen molar-refractivity contribution in [2.24, 2.45) is 0 Å². The summed E-state index contributed by atoms with van der Waals surface area (Å²) in [5.41, 5.74) is 0.851. The van der Waals surface area contributed by atoms with Crippen LogP contribution in [0.1, 0.15) is 5.56 Å². The summed E-state index contributed by atoms with van der Waals surface area (Å²) in [5, 5.41) is 0.452. The van der Waals surface area contributed by atoms with Gasteiger partial charge in [0.05, 0.1) is 21.5 Å². The van der Waals surface area contributed by atoms with Gasteiger partial charge in [-0.2, -0.15) is 0 Å². The van der Waals surface area contributed by atoms with Gasteiger partial charge in [0.25, 0.3) is 10.0 Å². The molecule has 0 saturated heterocycles. The molecule has 0 spiro atoms. The molecule has 4 nitrogen and oxygen atoms in total. The molecule has 0 saturated carbocycles. The van der Waals surface area contributed by atoms with Crippen molar-refractivity contribution in [1.82, 2.24) is 4.89 Å². The lowest BCUT2D eigenvalue weighted by atomic mass is 10.2. The number of hydrogen-bond donors (Lipinski definition) is 1. The zero-order valence-corrected chi connectivity index (χ0v) is 12.5. The van der Waals surface area contributed by atoms with E-state index < -0.39 is 10.0 Å². The molecule has 106 valence electrons. The first-order valence-corrected chi connectivity index (χ1v) is 7.85. The van der Waals surface area contributed by atoms with Crippen LogP contribution in [0, 0.1) is 0 Å². The minimum absolute atomic E-state index is 0.0139. The predicted octanol–water partition coefficient (Wildman–Crippen LogP) is 3.40. The van der Waals surface area contributed by atoms with Crippen LogP contribution in [-0.2, 0) is 21.5 Å². The van der Waals surface area contributed by atoms with E-state index in [1.54, 1.807) is 0 Å². The highest BCUT2D eigenvalue weighted by molar-refractivity contribution is 7.89. The van der Waals surface area contributed by atoms with Crippen molar-refractivity contribution >= 4 is 33.2 Å². The fourth-order valence-corrected chi connectivity index (χ4v) is 2.65. The average Bonchev–Trinajstić information content (AvgIpc) is 2.43. The lowest BCUT2D eigenvalue weighted by Crippen LogP contribution is -2.23. The van der Waals surface area contributed by atoms with Crippen LogP contribution in [0.4, 0.5) is 0 Å². The third-order valence-electron chi connectivity index (χ3n) is 2.45. The van der Waals surface area contributed by atoms with Crippen LogP contribution in [0.5, 0.6) is 0 Å². The lowest BCUT2D eigenvalue weighted by Gasteiger charge is -2.08. The third kappa shape index (κ3) is 3.94. The fourth-order valence-electron chi connectivity index (χ4n) is 1.46. The van der Waals surface area contributed by atoms with E-state index in [-0.39, 0.29) is 21.5 Å². The van der Waals surface area contributed by atoms with Gasteiger partial charge < -0.3 is 0 Å². The van der Waals surface area contributed by atoms with Crippen molar-refractivity contribution < 1.29 is 13.3 Å². The molecule has 0 bridgehead atoms. The zero-order chi connectivity index (χ0) is 14.6. The van der Waals surface area contributed by atoms with Crippen LogP contribution in [0.15, 0.2) is 53.4 Å². The lowest BCUT2D eigenvalue weighted by molar-refractivity contribution is 0.0795. The molecule has 0 heterocycles. The van der Waals surface area contributed by atoms with Crippen LogP contribution >= 0.6 is 23.2 Å². The zero-order valence-electron chi connectivity index (χ0n) is 10.2. The first kappa shape index (κ1) is 15.3. The van der Waals surface area contributed by atoms with Crippen LogP contribution in [0.2, 0.25) is 10.0 Å². The molecule has 0 aliphatic carbocycles. The average molecular weight is 332 g/mol. The molecule has 20 heavy (non-hydrogen) atoms. The number of halogens is 2. The minimum atomic E-state index is -3.78. The Morgan fingerprint density at radius 3 is 2.35 bits per heavy atom. The Labute approximate surface area is 127 Å². The maximum Gasteiger partial charge on any atom is 0.262 e. The van der Waals surface area contributed by atoms with Crippen molar-refractivity contribution in [1.29, 1.82) is 0 Å². The molecule has 0 aliphatic rings. The van der Waals surface area contributed by atoms with E-state index in [2.05, 4.69) is 0 Å². The SMILES string of the molecule is O=S(=O)(NOCc1ccccc1)c1ccc(Cl)c(Cl)c1. The molecule has 0 atom stereocenters. The molecular formula is C13H11Cl2NO3S. The van der Waals surface area contributed by atoms with E-state index in [1.807, 2.05) is 35.2 Å². The second-order valence-electron chi connectivity index (χ2n) is 3.94. The molecule has 0 fully saturated rings. The predicted molar refractivity (Wildman–Crippen MR) is 78.0 cm³/mol. The summed E-state index contributed by atoms with van der Waals surface area (Å²) in [7, 11) is -3.78. The van der Waals surface area contributed by atoms with Crippen molar-refractivity contribution in [2.45, 2.75) is 11.5 Å². The highest BCUT2D eigenvalue weighted by atomic mass is 35.5. The molecule has 2 aromatic carbocycles. The van der Waals surface area contributed by atoms with Crippen LogP contribution < -0.4 is 4.89 Å². The van der Waals surface area contributed by atoms with Crippen LogP contribution in [0.25, 0.3) is 0 Å². The fraction of sp³-hybridized carbons (Fsp3) is 0.0769. The summed E-state index contributed by atoms with van der Waals surface area (Å²) in [4.78, 5) is 7.02. The summed E-state index contributed by atoms with van der Waals surface area (Å²) in [5.74, 6) is 0. The minimum Gasteiger partial charge on any atom is -0.282 e. The van der Waals surface area contributed by atoms with Crippen LogP contribution in [-0.4, -0.2) is 8.42 Å². The molecule has 2 rings (SSSR count). The van der Waals surface area contributed by atoms with Crippen LogP contribution in [0.3, 0.4) is 0 Å². The number of hydrogen-bond acceptors (Lipinski definition) is 3. The maximum atomic E-state index is 11.9. The van der Waals surface area contributed by atoms with E-state index >= 15 is 0 Å². The van der Waals surface area contributed by atoms with E-state index in [1.165, 1.54) is 18.2 Å². The largest absolute Gasteiger partial charge is 0.282 e. The molecule has 0 aromatic heterocycles. The third-order valence-corrected chi connectivity index (χ3v) is 4.40. The first-order valence-electron chi connectivity index (χ1n) is 5.61. The Morgan fingerprint density at radius 1 is 1.00 bits per heavy atom. The molecular weight excluding hydrogens is 321 g/mol. The van der Waals surface area contributed by atoms with Gasteiger partial charge in [0, 0.05) is 0 Å². The summed E-state index contributed by atoms with van der Waals surface area (Å²) in [6, 6.07) is 13.2. The Hall–Kier alpha value is -1.11. The van der Waals surface area contributed by atoms with E-state index in [0.717, 1.165) is 5.56 Å². The van der Waals surface area contributed by atoms with Gasteiger partial charge in [0.15, 0.2) is 0 Å². The normalized spacial score (nSPS) is 11.5. The topological polar surface area (TPSA) is 55.4 Å². The number of benzene rings is 2. The molecule has 0 amide bonds. The molecule has 7 heteroatoms. The van der Waals surface area contributed by atoms with E-state index in [9.17, 15) is 8.42 Å². The number of rotatable bonds is 5. The Kier molecular flexibility index (Phi) is 5.01. The van der Waals surface area contributed by atoms with Gasteiger partial charge in [0.2, 0.25) is 0 Å². The maximum absolute atomic E-state index is 11.9. The highest BCUT2D eigenvalue weighted by Crippen LogP contribution is 2.24. The van der Waals surface area contributed by atoms with E-state index in [0.29, 0.717) is 0 Å². The van der Waals surface area contributed by atoms with Gasteiger partial charge >= 0.3 is 0 Å². The Bertz CT molecular complexity index is 690. The van der Waals surface area contributed by atoms with Gasteiger partial charge in [-0.05, 0) is 23.8 Å². The smallest absolute Gasteiger partial charge is 0.262 e. The number of nitrogens with one attached hydrogen (secondary N) is 1. The second kappa shape index (κ2) is 6.56. The van der Waals surface area contributed by atoms with Crippen molar-refractivity contribution in [3.8, 4) is 0 Å². The molecule has 1 N–H and O–H groups in total. The van der Waals surface area contributed by atoms with Gasteiger partial charge in [-0.3, -0.25) is 4.84 Å². The summed E-state index contributed by atoms with van der Waals surface area (Å²) < 4.78 is 23.9. The quantitative estimate of drug-likeness (QED) is 0.854. The molecule has 0 aliphatic heterocycles. The van der Waals surface area contributed by atoms with Gasteiger partial charge in [-0.15, -0.1) is 0 Å². The second-order valence-corrected chi connectivity index (χ2v) is 6.40. The summed E-state index contributed by atoms with van der Waals surface area (Å²) >= 11 is 11.5. The standard InChI is InChI=1S/C13H11Cl2NO3S/c14-12-7-6-11(8-13(12)15)20(17,18)16-19-9-10-4-2-1-3-5-10/h1-8,16H,9H2. The highest BCUT2D eigenvalue weighted by Gasteiger charge is 2.15. The number of sulfonamides is 1. The monoisotopic (exact) mass is 331 g/mol. The van der Waals surface area contributed by atoms with Gasteiger partial charge in [0.1, 0.15) is 0 Å². The summed E-state index contributed by atoms with van der Waals surface area (Å²) in [6.45, 7) is 0.126. The first-order chi connectivity index (χ1) is 9.49. The molecule has 0 radical (unpaired) electrons. The Morgan fingerprint density at radius 2 is 1.70 bits per heavy atom. The van der Waals surface area contributed by atoms with Gasteiger partial charge in [-0.1, -0.05) is 58.4 Å². The van der Waals surface area contributed by atoms with Crippen molar-refractivity contribution in [3.05, 3.63) is 64.1 Å². The van der Waals surface area contributed by atoms with Crippen molar-refractivity contribution in [3.63, 3.8) is 0 Å². The van der Waals surface area contributed by atoms with Crippen molar-refractivity contribution in [2.75, 3.05) is 0 Å².